The van der Waals surface area contributed by atoms with Gasteiger partial charge in [0.2, 0.25) is 0 Å². The number of fused-ring (bicyclic) bond motifs is 1. The number of hydrogen-bond donors (Lipinski definition) is 2. The Balaban J connectivity index is 2.00. The molecule has 1 atom stereocenters. The van der Waals surface area contributed by atoms with Gasteiger partial charge >= 0.3 is 0 Å². The summed E-state index contributed by atoms with van der Waals surface area (Å²) in [5, 5.41) is 12.9. The summed E-state index contributed by atoms with van der Waals surface area (Å²) in [7, 11) is 0. The van der Waals surface area contributed by atoms with Gasteiger partial charge in [-0.25, -0.2) is 0 Å². The lowest BCUT2D eigenvalue weighted by atomic mass is 10.1. The quantitative estimate of drug-likeness (QED) is 0.747. The van der Waals surface area contributed by atoms with E-state index in [2.05, 4.69) is 74.8 Å². The third-order valence-electron chi connectivity index (χ3n) is 3.23. The number of benzene rings is 2. The van der Waals surface area contributed by atoms with Gasteiger partial charge in [-0.05, 0) is 30.5 Å². The van der Waals surface area contributed by atoms with Crippen molar-refractivity contribution in [1.29, 1.82) is 0 Å². The van der Waals surface area contributed by atoms with Crippen LogP contribution in [0.5, 0.6) is 0 Å². The van der Waals surface area contributed by atoms with Gasteiger partial charge in [0.15, 0.2) is 0 Å². The summed E-state index contributed by atoms with van der Waals surface area (Å²) in [5.74, 6) is 0. The predicted molar refractivity (Wildman–Crippen MR) is 82.3 cm³/mol. The zero-order chi connectivity index (χ0) is 13.2. The summed E-state index contributed by atoms with van der Waals surface area (Å²) in [6.45, 7) is 2.12. The van der Waals surface area contributed by atoms with Crippen molar-refractivity contribution in [3.63, 3.8) is 0 Å². The van der Waals surface area contributed by atoms with Crippen LogP contribution in [0.15, 0.2) is 53.1 Å². The molecule has 0 bridgehead atoms. The van der Waals surface area contributed by atoms with E-state index < -0.39 is 0 Å². The topological polar surface area (TPSA) is 40.7 Å². The van der Waals surface area contributed by atoms with E-state index in [1.54, 1.807) is 6.20 Å². The molecule has 0 radical (unpaired) electrons. The second-order valence-corrected chi connectivity index (χ2v) is 5.37. The molecule has 3 rings (SSSR count). The van der Waals surface area contributed by atoms with Gasteiger partial charge < -0.3 is 5.32 Å². The largest absolute Gasteiger partial charge is 0.376 e. The molecule has 0 aliphatic rings. The third-order valence-corrected chi connectivity index (χ3v) is 3.92. The maximum absolute atomic E-state index is 3.99. The van der Waals surface area contributed by atoms with E-state index in [0.29, 0.717) is 0 Å². The van der Waals surface area contributed by atoms with Gasteiger partial charge in [0.05, 0.1) is 11.7 Å². The maximum atomic E-state index is 3.99. The zero-order valence-corrected chi connectivity index (χ0v) is 12.1. The van der Waals surface area contributed by atoms with Gasteiger partial charge in [-0.2, -0.15) is 5.10 Å². The van der Waals surface area contributed by atoms with Gasteiger partial charge in [0, 0.05) is 21.7 Å². The lowest BCUT2D eigenvalue weighted by molar-refractivity contribution is 0.827. The first kappa shape index (κ1) is 12.2. The molecule has 1 unspecified atom stereocenters. The molecule has 96 valence electrons. The van der Waals surface area contributed by atoms with E-state index >= 15 is 0 Å². The highest BCUT2D eigenvalue weighted by Crippen LogP contribution is 2.31. The van der Waals surface area contributed by atoms with Crippen molar-refractivity contribution in [3.8, 4) is 0 Å². The lowest BCUT2D eigenvalue weighted by Gasteiger charge is -2.16. The van der Waals surface area contributed by atoms with E-state index in [0.717, 1.165) is 15.9 Å². The molecule has 0 amide bonds. The molecule has 0 aliphatic carbocycles. The molecule has 19 heavy (non-hydrogen) atoms. The fourth-order valence-electron chi connectivity index (χ4n) is 2.21. The number of nitrogens with zero attached hydrogens (tertiary/aromatic N) is 1. The second kappa shape index (κ2) is 5.05. The van der Waals surface area contributed by atoms with Crippen LogP contribution < -0.4 is 5.32 Å². The van der Waals surface area contributed by atoms with E-state index in [-0.39, 0.29) is 6.04 Å². The van der Waals surface area contributed by atoms with Crippen molar-refractivity contribution in [2.24, 2.45) is 0 Å². The number of H-pyrrole nitrogens is 1. The molecule has 0 aliphatic heterocycles. The molecule has 3 aromatic rings. The number of nitrogens with one attached hydrogen (secondary N) is 2. The van der Waals surface area contributed by atoms with Crippen LogP contribution in [0.3, 0.4) is 0 Å². The first-order valence-electron chi connectivity index (χ1n) is 6.19. The second-order valence-electron chi connectivity index (χ2n) is 4.52. The number of hydrogen-bond acceptors (Lipinski definition) is 2. The summed E-state index contributed by atoms with van der Waals surface area (Å²) in [6.07, 6.45) is 1.77. The van der Waals surface area contributed by atoms with Crippen molar-refractivity contribution in [2.45, 2.75) is 13.0 Å². The van der Waals surface area contributed by atoms with Crippen molar-refractivity contribution in [2.75, 3.05) is 5.32 Å². The van der Waals surface area contributed by atoms with E-state index in [1.807, 2.05) is 6.07 Å². The van der Waals surface area contributed by atoms with Gasteiger partial charge in [0.1, 0.15) is 0 Å². The standard InChI is InChI=1S/C15H14BrN3/c1-10(14-8-9-17-19-14)18-15-7-6-13(16)11-4-2-3-5-12(11)15/h2-10,18H,1H3,(H,17,19). The minimum atomic E-state index is 0.187. The SMILES string of the molecule is CC(Nc1ccc(Br)c2ccccc12)c1ccn[nH]1. The van der Waals surface area contributed by atoms with E-state index in [4.69, 9.17) is 0 Å². The number of aromatic amines is 1. The highest BCUT2D eigenvalue weighted by molar-refractivity contribution is 9.10. The Kier molecular flexibility index (Phi) is 3.25. The van der Waals surface area contributed by atoms with Crippen LogP contribution in [0.25, 0.3) is 10.8 Å². The number of anilines is 1. The number of aromatic nitrogens is 2. The number of rotatable bonds is 3. The Hall–Kier alpha value is -1.81. The average Bonchev–Trinajstić information content (AvgIpc) is 2.96. The van der Waals surface area contributed by atoms with Gasteiger partial charge in [-0.15, -0.1) is 0 Å². The molecule has 0 fully saturated rings. The van der Waals surface area contributed by atoms with Crippen LogP contribution in [-0.2, 0) is 0 Å². The van der Waals surface area contributed by atoms with Gasteiger partial charge in [-0.1, -0.05) is 40.2 Å². The summed E-state index contributed by atoms with van der Waals surface area (Å²) < 4.78 is 1.11. The number of halogens is 1. The van der Waals surface area contributed by atoms with Crippen LogP contribution in [0.1, 0.15) is 18.7 Å². The van der Waals surface area contributed by atoms with Crippen LogP contribution in [-0.4, -0.2) is 10.2 Å². The fraction of sp³-hybridized carbons (Fsp3) is 0.133. The molecule has 0 saturated heterocycles. The Morgan fingerprint density at radius 2 is 1.89 bits per heavy atom. The summed E-state index contributed by atoms with van der Waals surface area (Å²) in [5.41, 5.74) is 2.20. The molecule has 2 N–H and O–H groups in total. The zero-order valence-electron chi connectivity index (χ0n) is 10.5. The van der Waals surface area contributed by atoms with Crippen LogP contribution in [0, 0.1) is 0 Å². The fourth-order valence-corrected chi connectivity index (χ4v) is 2.68. The lowest BCUT2D eigenvalue weighted by Crippen LogP contribution is -2.07. The molecule has 0 spiro atoms. The Morgan fingerprint density at radius 3 is 2.63 bits per heavy atom. The first-order valence-corrected chi connectivity index (χ1v) is 6.98. The van der Waals surface area contributed by atoms with Crippen LogP contribution in [0.4, 0.5) is 5.69 Å². The van der Waals surface area contributed by atoms with E-state index in [1.165, 1.54) is 10.8 Å². The van der Waals surface area contributed by atoms with Crippen molar-refractivity contribution in [1.82, 2.24) is 10.2 Å². The van der Waals surface area contributed by atoms with Crippen molar-refractivity contribution in [3.05, 3.63) is 58.8 Å². The summed E-state index contributed by atoms with van der Waals surface area (Å²) >= 11 is 3.59. The summed E-state index contributed by atoms with van der Waals surface area (Å²) in [6, 6.07) is 14.7. The van der Waals surface area contributed by atoms with Gasteiger partial charge in [-0.3, -0.25) is 5.10 Å². The maximum Gasteiger partial charge on any atom is 0.0651 e. The van der Waals surface area contributed by atoms with Crippen molar-refractivity contribution >= 4 is 32.4 Å². The van der Waals surface area contributed by atoms with Crippen LogP contribution >= 0.6 is 15.9 Å². The molecular weight excluding hydrogens is 302 g/mol. The molecular formula is C15H14BrN3. The predicted octanol–water partition coefficient (Wildman–Crippen LogP) is 4.50. The minimum absolute atomic E-state index is 0.187. The van der Waals surface area contributed by atoms with Crippen LogP contribution in [0.2, 0.25) is 0 Å². The first-order chi connectivity index (χ1) is 9.25. The molecule has 3 nitrogen and oxygen atoms in total. The molecule has 4 heteroatoms. The smallest absolute Gasteiger partial charge is 0.0651 e. The van der Waals surface area contributed by atoms with Gasteiger partial charge in [0.25, 0.3) is 0 Å². The summed E-state index contributed by atoms with van der Waals surface area (Å²) in [4.78, 5) is 0. The molecule has 1 heterocycles. The molecule has 0 saturated carbocycles. The molecule has 1 aromatic heterocycles. The van der Waals surface area contributed by atoms with E-state index in [9.17, 15) is 0 Å². The monoisotopic (exact) mass is 315 g/mol. The highest BCUT2D eigenvalue weighted by atomic mass is 79.9. The normalized spacial score (nSPS) is 12.5. The van der Waals surface area contributed by atoms with Crippen molar-refractivity contribution < 1.29 is 0 Å². The Bertz CT molecular complexity index is 692. The third kappa shape index (κ3) is 2.36. The highest BCUT2D eigenvalue weighted by Gasteiger charge is 2.09. The Morgan fingerprint density at radius 1 is 1.11 bits per heavy atom. The Labute approximate surface area is 120 Å². The average molecular weight is 316 g/mol. The minimum Gasteiger partial charge on any atom is -0.376 e. The molecule has 2 aromatic carbocycles.